The summed E-state index contributed by atoms with van der Waals surface area (Å²) in [6, 6.07) is 3.17. The quantitative estimate of drug-likeness (QED) is 0.800. The lowest BCUT2D eigenvalue weighted by Gasteiger charge is -2.38. The van der Waals surface area contributed by atoms with Crippen LogP contribution in [0.4, 0.5) is 5.82 Å². The molecule has 0 spiro atoms. The smallest absolute Gasteiger partial charge is 0.338 e. The molecule has 1 aromatic rings. The van der Waals surface area contributed by atoms with Crippen molar-refractivity contribution in [2.75, 3.05) is 12.4 Å². The molecule has 1 heterocycles. The maximum absolute atomic E-state index is 11.4. The van der Waals surface area contributed by atoms with Gasteiger partial charge in [-0.2, -0.15) is 0 Å². The summed E-state index contributed by atoms with van der Waals surface area (Å²) in [7, 11) is 1.33. The first-order valence-corrected chi connectivity index (χ1v) is 5.72. The van der Waals surface area contributed by atoms with E-state index in [-0.39, 0.29) is 0 Å². The van der Waals surface area contributed by atoms with Crippen molar-refractivity contribution in [3.63, 3.8) is 0 Å². The van der Waals surface area contributed by atoms with Gasteiger partial charge < -0.3 is 15.2 Å². The van der Waals surface area contributed by atoms with Gasteiger partial charge in [-0.3, -0.25) is 0 Å². The Morgan fingerprint density at radius 1 is 1.39 bits per heavy atom. The molecule has 1 aromatic heterocycles. The molecule has 0 radical (unpaired) electrons. The molecule has 5 heteroatoms. The van der Waals surface area contributed by atoms with Crippen LogP contribution in [0.15, 0.2) is 18.3 Å². The van der Waals surface area contributed by atoms with Crippen molar-refractivity contribution in [2.45, 2.75) is 38.8 Å². The van der Waals surface area contributed by atoms with Crippen LogP contribution in [0.5, 0.6) is 0 Å². The summed E-state index contributed by atoms with van der Waals surface area (Å²) in [6.45, 7) is 7.15. The van der Waals surface area contributed by atoms with E-state index >= 15 is 0 Å². The minimum Gasteiger partial charge on any atom is -0.465 e. The monoisotopic (exact) mass is 252 g/mol. The maximum Gasteiger partial charge on any atom is 0.338 e. The molecule has 0 saturated heterocycles. The van der Waals surface area contributed by atoms with Crippen molar-refractivity contribution in [3.05, 3.63) is 23.9 Å². The zero-order chi connectivity index (χ0) is 14.0. The molecule has 18 heavy (non-hydrogen) atoms. The highest BCUT2D eigenvalue weighted by molar-refractivity contribution is 5.90. The number of pyridine rings is 1. The number of nitrogens with one attached hydrogen (secondary N) is 1. The Morgan fingerprint density at radius 3 is 2.50 bits per heavy atom. The highest BCUT2D eigenvalue weighted by Gasteiger charge is 2.35. The SMILES string of the molecule is COC(=O)c1ccnc(NC(C)(C)C(C)(C)O)c1. The van der Waals surface area contributed by atoms with Crippen molar-refractivity contribution in [1.29, 1.82) is 0 Å². The summed E-state index contributed by atoms with van der Waals surface area (Å²) in [5, 5.41) is 13.2. The first-order chi connectivity index (χ1) is 8.17. The summed E-state index contributed by atoms with van der Waals surface area (Å²) < 4.78 is 4.64. The van der Waals surface area contributed by atoms with Gasteiger partial charge in [-0.05, 0) is 39.8 Å². The number of anilines is 1. The van der Waals surface area contributed by atoms with Gasteiger partial charge in [-0.15, -0.1) is 0 Å². The van der Waals surface area contributed by atoms with E-state index in [1.54, 1.807) is 26.0 Å². The van der Waals surface area contributed by atoms with Gasteiger partial charge in [0.25, 0.3) is 0 Å². The van der Waals surface area contributed by atoms with Gasteiger partial charge in [0.1, 0.15) is 5.82 Å². The molecule has 0 aliphatic heterocycles. The lowest BCUT2D eigenvalue weighted by Crippen LogP contribution is -2.51. The third-order valence-electron chi connectivity index (χ3n) is 3.15. The number of carbonyl (C=O) groups is 1. The van der Waals surface area contributed by atoms with E-state index in [1.807, 2.05) is 13.8 Å². The van der Waals surface area contributed by atoms with E-state index in [4.69, 9.17) is 0 Å². The number of aliphatic hydroxyl groups is 1. The second kappa shape index (κ2) is 4.94. The van der Waals surface area contributed by atoms with Crippen LogP contribution in [0.1, 0.15) is 38.1 Å². The number of methoxy groups -OCH3 is 1. The number of ether oxygens (including phenoxy) is 1. The van der Waals surface area contributed by atoms with Crippen LogP contribution in [0, 0.1) is 0 Å². The molecule has 0 fully saturated rings. The van der Waals surface area contributed by atoms with E-state index < -0.39 is 17.1 Å². The normalized spacial score (nSPS) is 12.1. The molecule has 0 aromatic carbocycles. The summed E-state index contributed by atoms with van der Waals surface area (Å²) in [6.07, 6.45) is 1.52. The number of aromatic nitrogens is 1. The van der Waals surface area contributed by atoms with E-state index in [0.29, 0.717) is 11.4 Å². The molecule has 0 aliphatic rings. The number of hydrogen-bond acceptors (Lipinski definition) is 5. The van der Waals surface area contributed by atoms with Crippen LogP contribution in [0.25, 0.3) is 0 Å². The van der Waals surface area contributed by atoms with Gasteiger partial charge in [0.15, 0.2) is 0 Å². The van der Waals surface area contributed by atoms with Gasteiger partial charge in [0, 0.05) is 6.20 Å². The van der Waals surface area contributed by atoms with Crippen molar-refractivity contribution >= 4 is 11.8 Å². The second-order valence-corrected chi connectivity index (χ2v) is 5.23. The molecule has 5 nitrogen and oxygen atoms in total. The molecule has 0 saturated carbocycles. The van der Waals surface area contributed by atoms with Gasteiger partial charge in [0.2, 0.25) is 0 Å². The van der Waals surface area contributed by atoms with Crippen molar-refractivity contribution in [2.24, 2.45) is 0 Å². The van der Waals surface area contributed by atoms with Crippen molar-refractivity contribution in [1.82, 2.24) is 4.98 Å². The fourth-order valence-corrected chi connectivity index (χ4v) is 1.22. The van der Waals surface area contributed by atoms with E-state index in [2.05, 4.69) is 15.0 Å². The summed E-state index contributed by atoms with van der Waals surface area (Å²) >= 11 is 0. The lowest BCUT2D eigenvalue weighted by molar-refractivity contribution is 0.0239. The van der Waals surface area contributed by atoms with Gasteiger partial charge in [-0.25, -0.2) is 9.78 Å². The van der Waals surface area contributed by atoms with Gasteiger partial charge in [0.05, 0.1) is 23.8 Å². The molecule has 0 atom stereocenters. The molecule has 0 bridgehead atoms. The Bertz CT molecular complexity index is 436. The average Bonchev–Trinajstić information content (AvgIpc) is 2.26. The Balaban J connectivity index is 2.96. The topological polar surface area (TPSA) is 71.5 Å². The zero-order valence-corrected chi connectivity index (χ0v) is 11.4. The first kappa shape index (κ1) is 14.4. The Labute approximate surface area is 107 Å². The third kappa shape index (κ3) is 3.20. The summed E-state index contributed by atoms with van der Waals surface area (Å²) in [5.41, 5.74) is -1.11. The maximum atomic E-state index is 11.4. The molecule has 2 N–H and O–H groups in total. The predicted molar refractivity (Wildman–Crippen MR) is 69.6 cm³/mol. The Morgan fingerprint density at radius 2 is 2.00 bits per heavy atom. The average molecular weight is 252 g/mol. The lowest BCUT2D eigenvalue weighted by atomic mass is 9.86. The number of nitrogens with zero attached hydrogens (tertiary/aromatic N) is 1. The fraction of sp³-hybridized carbons (Fsp3) is 0.538. The Hall–Kier alpha value is -1.62. The number of rotatable bonds is 4. The van der Waals surface area contributed by atoms with Gasteiger partial charge >= 0.3 is 5.97 Å². The minimum atomic E-state index is -0.935. The number of esters is 1. The highest BCUT2D eigenvalue weighted by Crippen LogP contribution is 2.25. The van der Waals surface area contributed by atoms with Gasteiger partial charge in [-0.1, -0.05) is 0 Å². The first-order valence-electron chi connectivity index (χ1n) is 5.72. The van der Waals surface area contributed by atoms with E-state index in [1.165, 1.54) is 13.3 Å². The van der Waals surface area contributed by atoms with Crippen LogP contribution >= 0.6 is 0 Å². The number of carbonyl (C=O) groups excluding carboxylic acids is 1. The summed E-state index contributed by atoms with van der Waals surface area (Å²) in [4.78, 5) is 15.5. The molecule has 1 rings (SSSR count). The van der Waals surface area contributed by atoms with Crippen LogP contribution in [-0.4, -0.2) is 34.3 Å². The highest BCUT2D eigenvalue weighted by atomic mass is 16.5. The molecule has 0 unspecified atom stereocenters. The molecule has 100 valence electrons. The molecular formula is C13H20N2O3. The standard InChI is InChI=1S/C13H20N2O3/c1-12(2,13(3,4)17)15-10-8-9(6-7-14-10)11(16)18-5/h6-8,17H,1-5H3,(H,14,15). The fourth-order valence-electron chi connectivity index (χ4n) is 1.22. The number of hydrogen-bond donors (Lipinski definition) is 2. The van der Waals surface area contributed by atoms with E-state index in [0.717, 1.165) is 0 Å². The minimum absolute atomic E-state index is 0.415. The Kier molecular flexibility index (Phi) is 3.96. The van der Waals surface area contributed by atoms with E-state index in [9.17, 15) is 9.90 Å². The predicted octanol–water partition coefficient (Wildman–Crippen LogP) is 1.83. The van der Waals surface area contributed by atoms with Crippen LogP contribution in [-0.2, 0) is 4.74 Å². The molecular weight excluding hydrogens is 232 g/mol. The third-order valence-corrected chi connectivity index (χ3v) is 3.15. The largest absolute Gasteiger partial charge is 0.465 e. The van der Waals surface area contributed by atoms with Crippen LogP contribution in [0.3, 0.4) is 0 Å². The molecule has 0 amide bonds. The van der Waals surface area contributed by atoms with Crippen molar-refractivity contribution in [3.8, 4) is 0 Å². The van der Waals surface area contributed by atoms with Crippen LogP contribution in [0.2, 0.25) is 0 Å². The van der Waals surface area contributed by atoms with Crippen molar-refractivity contribution < 1.29 is 14.6 Å². The van der Waals surface area contributed by atoms with Crippen LogP contribution < -0.4 is 5.32 Å². The zero-order valence-electron chi connectivity index (χ0n) is 11.4. The molecule has 0 aliphatic carbocycles. The summed E-state index contributed by atoms with van der Waals surface area (Å²) in [5.74, 6) is 0.103. The second-order valence-electron chi connectivity index (χ2n) is 5.23.